The van der Waals surface area contributed by atoms with Crippen molar-refractivity contribution in [3.8, 4) is 11.3 Å². The Labute approximate surface area is 247 Å². The third-order valence-corrected chi connectivity index (χ3v) is 7.38. The number of nitrogens with one attached hydrogen (secondary N) is 1. The summed E-state index contributed by atoms with van der Waals surface area (Å²) in [6, 6.07) is 16.7. The van der Waals surface area contributed by atoms with Crippen molar-refractivity contribution in [2.75, 3.05) is 18.9 Å². The lowest BCUT2D eigenvalue weighted by atomic mass is 9.99. The minimum absolute atomic E-state index is 0.0845. The van der Waals surface area contributed by atoms with Crippen molar-refractivity contribution in [2.24, 2.45) is 0 Å². The van der Waals surface area contributed by atoms with Gasteiger partial charge in [0.05, 0.1) is 22.5 Å². The van der Waals surface area contributed by atoms with Crippen LogP contribution in [0.4, 0.5) is 5.69 Å². The Morgan fingerprint density at radius 2 is 1.79 bits per heavy atom. The molecule has 0 bridgehead atoms. The van der Waals surface area contributed by atoms with E-state index in [1.807, 2.05) is 45.0 Å². The molecule has 0 saturated carbocycles. The average Bonchev–Trinajstić information content (AvgIpc) is 2.98. The van der Waals surface area contributed by atoms with Crippen molar-refractivity contribution in [2.45, 2.75) is 46.5 Å². The first-order valence-electron chi connectivity index (χ1n) is 14.3. The molecule has 1 aliphatic heterocycles. The van der Waals surface area contributed by atoms with Gasteiger partial charge in [-0.15, -0.1) is 0 Å². The number of anilines is 1. The zero-order valence-corrected chi connectivity index (χ0v) is 24.6. The predicted molar refractivity (Wildman–Crippen MR) is 167 cm³/mol. The fourth-order valence-corrected chi connectivity index (χ4v) is 5.15. The largest absolute Gasteiger partial charge is 0.467 e. The van der Waals surface area contributed by atoms with Crippen LogP contribution in [0.15, 0.2) is 90.7 Å². The van der Waals surface area contributed by atoms with Gasteiger partial charge in [-0.1, -0.05) is 11.6 Å². The minimum Gasteiger partial charge on any atom is -0.467 e. The number of fused-ring (bicyclic) bond motifs is 1. The number of hydrogen-bond acceptors (Lipinski definition) is 5. The van der Waals surface area contributed by atoms with E-state index in [-0.39, 0.29) is 11.8 Å². The molecule has 0 fully saturated rings. The van der Waals surface area contributed by atoms with Gasteiger partial charge >= 0.3 is 0 Å². The smallest absolute Gasteiger partial charge is 0.256 e. The number of nitrogens with zero attached hydrogens (tertiary/aromatic N) is 3. The topological polar surface area (TPSA) is 84.4 Å². The Balaban J connectivity index is 1.31. The molecule has 1 aliphatic rings. The normalized spacial score (nSPS) is 15.8. The van der Waals surface area contributed by atoms with Crippen LogP contribution in [0.5, 0.6) is 0 Å². The minimum atomic E-state index is -0.245. The number of carbonyl (C=O) groups is 2. The molecule has 0 radical (unpaired) electrons. The third kappa shape index (κ3) is 6.74. The van der Waals surface area contributed by atoms with Gasteiger partial charge in [-0.05, 0) is 106 Å². The Hall–Kier alpha value is -4.78. The highest BCUT2D eigenvalue weighted by atomic mass is 16.5. The SMILES string of the molecule is C/C1=C\CCC/C=C(/CCN(C)C(=O)c2ccc(NC(=O)c3cc(-c4cccnc4)nc4c(C)cc(C)cc34)cc2)O1. The van der Waals surface area contributed by atoms with Gasteiger partial charge in [-0.2, -0.15) is 0 Å². The van der Waals surface area contributed by atoms with E-state index in [4.69, 9.17) is 9.72 Å². The molecule has 2 aromatic heterocycles. The number of benzene rings is 2. The summed E-state index contributed by atoms with van der Waals surface area (Å²) in [6.07, 6.45) is 11.4. The monoisotopic (exact) mass is 560 g/mol. The van der Waals surface area contributed by atoms with Crippen LogP contribution in [0.2, 0.25) is 0 Å². The summed E-state index contributed by atoms with van der Waals surface area (Å²) in [6.45, 7) is 6.52. The number of aromatic nitrogens is 2. The first-order valence-corrected chi connectivity index (χ1v) is 14.3. The molecule has 0 saturated heterocycles. The molecule has 2 amide bonds. The standard InChI is InChI=1S/C35H36N4O3/c1-23-19-24(2)33-30(20-23)31(21-32(38-33)27-10-8-17-36-22-27)34(40)37-28-14-12-26(13-15-28)35(41)39(4)18-16-29-11-7-5-6-9-25(3)42-29/h8-15,17,19-22H,5-7,16,18H2,1-4H3,(H,37,40)/b25-9+,29-11-. The molecule has 42 heavy (non-hydrogen) atoms. The molecular formula is C35H36N4O3. The number of hydrogen-bond donors (Lipinski definition) is 1. The van der Waals surface area contributed by atoms with Gasteiger partial charge in [0.2, 0.25) is 0 Å². The highest BCUT2D eigenvalue weighted by Crippen LogP contribution is 2.28. The second-order valence-electron chi connectivity index (χ2n) is 10.8. The zero-order chi connectivity index (χ0) is 29.6. The fraction of sp³-hybridized carbons (Fsp3) is 0.257. The second-order valence-corrected chi connectivity index (χ2v) is 10.8. The van der Waals surface area contributed by atoms with Crippen LogP contribution in [0.3, 0.4) is 0 Å². The summed E-state index contributed by atoms with van der Waals surface area (Å²) in [7, 11) is 1.79. The average molecular weight is 561 g/mol. The lowest BCUT2D eigenvalue weighted by Gasteiger charge is -2.20. The van der Waals surface area contributed by atoms with Crippen molar-refractivity contribution < 1.29 is 14.3 Å². The fourth-order valence-electron chi connectivity index (χ4n) is 5.15. The van der Waals surface area contributed by atoms with Gasteiger partial charge < -0.3 is 15.0 Å². The van der Waals surface area contributed by atoms with Crippen molar-refractivity contribution in [1.29, 1.82) is 0 Å². The Bertz CT molecular complexity index is 1670. The molecule has 2 aromatic carbocycles. The number of aryl methyl sites for hydroxylation is 2. The van der Waals surface area contributed by atoms with Crippen molar-refractivity contribution in [3.63, 3.8) is 0 Å². The number of allylic oxidation sites excluding steroid dienone is 3. The van der Waals surface area contributed by atoms with E-state index < -0.39 is 0 Å². The number of rotatable bonds is 7. The first-order chi connectivity index (χ1) is 20.3. The van der Waals surface area contributed by atoms with Crippen LogP contribution in [-0.4, -0.2) is 40.3 Å². The predicted octanol–water partition coefficient (Wildman–Crippen LogP) is 7.62. The lowest BCUT2D eigenvalue weighted by molar-refractivity contribution is 0.0791. The molecule has 1 N–H and O–H groups in total. The van der Waals surface area contributed by atoms with E-state index in [2.05, 4.69) is 28.5 Å². The summed E-state index contributed by atoms with van der Waals surface area (Å²) >= 11 is 0. The second kappa shape index (κ2) is 12.8. The third-order valence-electron chi connectivity index (χ3n) is 7.38. The van der Waals surface area contributed by atoms with Gasteiger partial charge in [-0.25, -0.2) is 4.98 Å². The zero-order valence-electron chi connectivity index (χ0n) is 24.6. The van der Waals surface area contributed by atoms with E-state index in [0.717, 1.165) is 58.4 Å². The molecule has 4 aromatic rings. The van der Waals surface area contributed by atoms with Crippen LogP contribution >= 0.6 is 0 Å². The maximum absolute atomic E-state index is 13.6. The Kier molecular flexibility index (Phi) is 8.77. The van der Waals surface area contributed by atoms with Crippen LogP contribution in [-0.2, 0) is 4.74 Å². The van der Waals surface area contributed by atoms with Gasteiger partial charge in [0.1, 0.15) is 5.76 Å². The van der Waals surface area contributed by atoms with E-state index >= 15 is 0 Å². The highest BCUT2D eigenvalue weighted by molar-refractivity contribution is 6.13. The molecule has 7 nitrogen and oxygen atoms in total. The van der Waals surface area contributed by atoms with Crippen LogP contribution in [0, 0.1) is 13.8 Å². The molecule has 0 atom stereocenters. The van der Waals surface area contributed by atoms with E-state index in [1.54, 1.807) is 48.6 Å². The van der Waals surface area contributed by atoms with Crippen LogP contribution in [0.25, 0.3) is 22.2 Å². The molecule has 0 unspecified atom stereocenters. The summed E-state index contributed by atoms with van der Waals surface area (Å²) in [5.41, 5.74) is 6.05. The van der Waals surface area contributed by atoms with Crippen molar-refractivity contribution >= 4 is 28.4 Å². The molecule has 3 heterocycles. The number of pyridine rings is 2. The highest BCUT2D eigenvalue weighted by Gasteiger charge is 2.18. The molecule has 214 valence electrons. The number of carbonyl (C=O) groups excluding carboxylic acids is 2. The lowest BCUT2D eigenvalue weighted by Crippen LogP contribution is -2.28. The van der Waals surface area contributed by atoms with Crippen LogP contribution < -0.4 is 5.32 Å². The maximum Gasteiger partial charge on any atom is 0.256 e. The molecule has 0 spiro atoms. The Morgan fingerprint density at radius 1 is 1.00 bits per heavy atom. The molecule has 5 rings (SSSR count). The molecular weight excluding hydrogens is 524 g/mol. The summed E-state index contributed by atoms with van der Waals surface area (Å²) < 4.78 is 5.93. The Morgan fingerprint density at radius 3 is 2.55 bits per heavy atom. The van der Waals surface area contributed by atoms with Gasteiger partial charge in [0, 0.05) is 54.6 Å². The summed E-state index contributed by atoms with van der Waals surface area (Å²) in [5.74, 6) is 1.48. The molecule has 0 aliphatic carbocycles. The van der Waals surface area contributed by atoms with Crippen molar-refractivity contribution in [1.82, 2.24) is 14.9 Å². The van der Waals surface area contributed by atoms with E-state index in [0.29, 0.717) is 35.5 Å². The van der Waals surface area contributed by atoms with E-state index in [1.165, 1.54) is 0 Å². The quantitative estimate of drug-likeness (QED) is 0.251. The van der Waals surface area contributed by atoms with Gasteiger partial charge in [0.15, 0.2) is 0 Å². The summed E-state index contributed by atoms with van der Waals surface area (Å²) in [5, 5.41) is 3.80. The van der Waals surface area contributed by atoms with Gasteiger partial charge in [0.25, 0.3) is 11.8 Å². The van der Waals surface area contributed by atoms with E-state index in [9.17, 15) is 9.59 Å². The van der Waals surface area contributed by atoms with Gasteiger partial charge in [-0.3, -0.25) is 14.6 Å². The van der Waals surface area contributed by atoms with Crippen molar-refractivity contribution in [3.05, 3.63) is 113 Å². The number of amides is 2. The molecule has 7 heteroatoms. The first kappa shape index (κ1) is 28.7. The van der Waals surface area contributed by atoms with Crippen LogP contribution in [0.1, 0.15) is 64.4 Å². The number of ether oxygens (including phenoxy) is 1. The maximum atomic E-state index is 13.6. The summed E-state index contributed by atoms with van der Waals surface area (Å²) in [4.78, 5) is 37.5.